The molecule has 0 saturated heterocycles. The number of hydrogen-bond donors (Lipinski definition) is 0. The Kier molecular flexibility index (Phi) is 4.36. The highest BCUT2D eigenvalue weighted by atomic mass is 32.1. The first kappa shape index (κ1) is 20.2. The van der Waals surface area contributed by atoms with Crippen LogP contribution in [-0.4, -0.2) is 0 Å². The quantitative estimate of drug-likeness (QED) is 0.211. The molecule has 8 rings (SSSR count). The number of hydrogen-bond acceptors (Lipinski definition) is 2. The summed E-state index contributed by atoms with van der Waals surface area (Å²) in [4.78, 5) is 2.65. The number of rotatable bonds is 2. The lowest BCUT2D eigenvalue weighted by molar-refractivity contribution is 1.76. The molecule has 0 saturated carbocycles. The van der Waals surface area contributed by atoms with Crippen molar-refractivity contribution in [3.63, 3.8) is 0 Å². The van der Waals surface area contributed by atoms with Crippen LogP contribution in [0.3, 0.4) is 0 Å². The van der Waals surface area contributed by atoms with Crippen LogP contribution in [0.25, 0.3) is 73.4 Å². The number of fused-ring (bicyclic) bond motifs is 7. The van der Waals surface area contributed by atoms with Crippen LogP contribution in [0.2, 0.25) is 0 Å². The van der Waals surface area contributed by atoms with E-state index in [0.29, 0.717) is 0 Å². The molecule has 0 unspecified atom stereocenters. The molecule has 2 heteroatoms. The van der Waals surface area contributed by atoms with E-state index in [4.69, 9.17) is 0 Å². The standard InChI is InChI=1S/C34H20S2/c1-7-15-31-21(9-1)17-33(35-31)29-19-27-24-12-4-6-14-26(24)30(20-28(27)23-11-3-5-13-25(23)29)34-18-22-10-2-8-16-32(22)36-34/h1-20H. The van der Waals surface area contributed by atoms with Crippen molar-refractivity contribution in [2.45, 2.75) is 0 Å². The molecule has 0 fully saturated rings. The van der Waals surface area contributed by atoms with Gasteiger partial charge < -0.3 is 0 Å². The van der Waals surface area contributed by atoms with Crippen LogP contribution >= 0.6 is 22.7 Å². The van der Waals surface area contributed by atoms with E-state index >= 15 is 0 Å². The molecule has 2 aromatic heterocycles. The molecule has 8 aromatic rings. The molecule has 0 radical (unpaired) electrons. The van der Waals surface area contributed by atoms with E-state index in [1.165, 1.54) is 73.4 Å². The summed E-state index contributed by atoms with van der Waals surface area (Å²) in [5.41, 5.74) is 2.64. The highest BCUT2D eigenvalue weighted by molar-refractivity contribution is 7.22. The van der Waals surface area contributed by atoms with Crippen LogP contribution in [0.1, 0.15) is 0 Å². The maximum absolute atomic E-state index is 2.43. The molecule has 36 heavy (non-hydrogen) atoms. The highest BCUT2D eigenvalue weighted by Crippen LogP contribution is 2.45. The summed E-state index contributed by atoms with van der Waals surface area (Å²) < 4.78 is 2.67. The molecule has 0 bridgehead atoms. The zero-order valence-electron chi connectivity index (χ0n) is 19.4. The van der Waals surface area contributed by atoms with Gasteiger partial charge in [-0.3, -0.25) is 0 Å². The lowest BCUT2D eigenvalue weighted by atomic mass is 9.90. The Balaban J connectivity index is 1.50. The molecule has 0 aliphatic heterocycles. The summed E-state index contributed by atoms with van der Waals surface area (Å²) in [6, 6.07) is 44.8. The molecule has 0 nitrogen and oxygen atoms in total. The molecule has 0 spiro atoms. The van der Waals surface area contributed by atoms with Crippen molar-refractivity contribution in [1.82, 2.24) is 0 Å². The van der Waals surface area contributed by atoms with E-state index in [2.05, 4.69) is 121 Å². The summed E-state index contributed by atoms with van der Waals surface area (Å²) in [7, 11) is 0. The van der Waals surface area contributed by atoms with Gasteiger partial charge >= 0.3 is 0 Å². The van der Waals surface area contributed by atoms with Crippen molar-refractivity contribution in [2.24, 2.45) is 0 Å². The smallest absolute Gasteiger partial charge is 0.0361 e. The third kappa shape index (κ3) is 2.99. The topological polar surface area (TPSA) is 0 Å². The minimum atomic E-state index is 1.31. The predicted octanol–water partition coefficient (Wildman–Crippen LogP) is 10.9. The van der Waals surface area contributed by atoms with Crippen LogP contribution < -0.4 is 0 Å². The maximum atomic E-state index is 2.43. The fraction of sp³-hybridized carbons (Fsp3) is 0. The van der Waals surface area contributed by atoms with Crippen LogP contribution in [0.5, 0.6) is 0 Å². The van der Waals surface area contributed by atoms with Gasteiger partial charge in [-0.2, -0.15) is 0 Å². The zero-order valence-corrected chi connectivity index (χ0v) is 21.0. The van der Waals surface area contributed by atoms with Crippen molar-refractivity contribution in [3.05, 3.63) is 121 Å². The SMILES string of the molecule is c1ccc2sc(-c3cc4c5ccccc5c(-c5cc6ccccc6s5)cc4c4ccccc34)cc2c1. The Labute approximate surface area is 216 Å². The molecule has 0 aliphatic rings. The van der Waals surface area contributed by atoms with Crippen molar-refractivity contribution in [2.75, 3.05) is 0 Å². The lowest BCUT2D eigenvalue weighted by Gasteiger charge is -2.14. The Morgan fingerprint density at radius 1 is 0.333 bits per heavy atom. The summed E-state index contributed by atoms with van der Waals surface area (Å²) in [6.45, 7) is 0. The molecule has 168 valence electrons. The van der Waals surface area contributed by atoms with Crippen LogP contribution in [0, 0.1) is 0 Å². The summed E-state index contributed by atoms with van der Waals surface area (Å²) in [6.07, 6.45) is 0. The van der Waals surface area contributed by atoms with Gasteiger partial charge in [0.15, 0.2) is 0 Å². The van der Waals surface area contributed by atoms with Crippen molar-refractivity contribution >= 4 is 75.2 Å². The van der Waals surface area contributed by atoms with E-state index in [1.54, 1.807) is 0 Å². The van der Waals surface area contributed by atoms with Gasteiger partial charge in [-0.1, -0.05) is 84.9 Å². The Bertz CT molecular complexity index is 1890. The van der Waals surface area contributed by atoms with Gasteiger partial charge in [0.2, 0.25) is 0 Å². The minimum absolute atomic E-state index is 1.31. The van der Waals surface area contributed by atoms with Crippen molar-refractivity contribution in [3.8, 4) is 20.9 Å². The Morgan fingerprint density at radius 3 is 1.17 bits per heavy atom. The monoisotopic (exact) mass is 492 g/mol. The maximum Gasteiger partial charge on any atom is 0.0361 e. The summed E-state index contributed by atoms with van der Waals surface area (Å²) in [5, 5.41) is 10.5. The number of thiophene rings is 2. The second-order valence-electron chi connectivity index (χ2n) is 9.33. The molecular weight excluding hydrogens is 473 g/mol. The second kappa shape index (κ2) is 7.76. The van der Waals surface area contributed by atoms with Crippen LogP contribution in [-0.2, 0) is 0 Å². The Morgan fingerprint density at radius 2 is 0.722 bits per heavy atom. The van der Waals surface area contributed by atoms with E-state index in [0.717, 1.165) is 0 Å². The summed E-state index contributed by atoms with van der Waals surface area (Å²) >= 11 is 3.77. The van der Waals surface area contributed by atoms with Gasteiger partial charge in [0.25, 0.3) is 0 Å². The molecule has 2 heterocycles. The third-order valence-corrected chi connectivity index (χ3v) is 9.56. The first-order chi connectivity index (χ1) is 17.8. The van der Waals surface area contributed by atoms with Crippen molar-refractivity contribution in [1.29, 1.82) is 0 Å². The minimum Gasteiger partial charge on any atom is -0.135 e. The van der Waals surface area contributed by atoms with Gasteiger partial charge in [-0.15, -0.1) is 22.7 Å². The molecule has 0 N–H and O–H groups in total. The highest BCUT2D eigenvalue weighted by Gasteiger charge is 2.16. The fourth-order valence-electron chi connectivity index (χ4n) is 5.59. The third-order valence-electron chi connectivity index (χ3n) is 7.26. The van der Waals surface area contributed by atoms with E-state index in [9.17, 15) is 0 Å². The Hall–Kier alpha value is -3.98. The largest absolute Gasteiger partial charge is 0.135 e. The van der Waals surface area contributed by atoms with E-state index in [-0.39, 0.29) is 0 Å². The van der Waals surface area contributed by atoms with Crippen LogP contribution in [0.15, 0.2) is 121 Å². The molecule has 0 atom stereocenters. The normalized spacial score (nSPS) is 11.9. The molecular formula is C34H20S2. The fourth-order valence-corrected chi connectivity index (χ4v) is 7.77. The molecule has 0 amide bonds. The van der Waals surface area contributed by atoms with Gasteiger partial charge in [-0.05, 0) is 79.5 Å². The van der Waals surface area contributed by atoms with Gasteiger partial charge in [0, 0.05) is 30.3 Å². The number of benzene rings is 6. The molecule has 0 aliphatic carbocycles. The second-order valence-corrected chi connectivity index (χ2v) is 11.5. The average molecular weight is 493 g/mol. The lowest BCUT2D eigenvalue weighted by Crippen LogP contribution is -1.87. The molecule has 6 aromatic carbocycles. The van der Waals surface area contributed by atoms with Gasteiger partial charge in [0.1, 0.15) is 0 Å². The van der Waals surface area contributed by atoms with Gasteiger partial charge in [0.05, 0.1) is 0 Å². The first-order valence-electron chi connectivity index (χ1n) is 12.2. The zero-order chi connectivity index (χ0) is 23.6. The van der Waals surface area contributed by atoms with Crippen molar-refractivity contribution < 1.29 is 0 Å². The predicted molar refractivity (Wildman–Crippen MR) is 161 cm³/mol. The summed E-state index contributed by atoms with van der Waals surface area (Å²) in [5.74, 6) is 0. The van der Waals surface area contributed by atoms with E-state index < -0.39 is 0 Å². The van der Waals surface area contributed by atoms with Gasteiger partial charge in [-0.25, -0.2) is 0 Å². The van der Waals surface area contributed by atoms with Crippen LogP contribution in [0.4, 0.5) is 0 Å². The van der Waals surface area contributed by atoms with E-state index in [1.807, 2.05) is 22.7 Å². The average Bonchev–Trinajstić information content (AvgIpc) is 3.56. The first-order valence-corrected chi connectivity index (χ1v) is 13.8.